The fourth-order valence-corrected chi connectivity index (χ4v) is 4.78. The summed E-state index contributed by atoms with van der Waals surface area (Å²) in [5, 5.41) is 3.83. The molecule has 3 aromatic rings. The summed E-state index contributed by atoms with van der Waals surface area (Å²) in [4.78, 5) is 29.7. The minimum Gasteiger partial charge on any atom is -0.497 e. The Balaban J connectivity index is 1.54. The summed E-state index contributed by atoms with van der Waals surface area (Å²) in [5.74, 6) is 0.296. The lowest BCUT2D eigenvalue weighted by molar-refractivity contribution is -0.124. The van der Waals surface area contributed by atoms with Crippen LogP contribution in [0, 0.1) is 3.57 Å². The Hall–Kier alpha value is -2.69. The molecular weight excluding hydrogens is 597 g/mol. The quantitative estimate of drug-likeness (QED) is 0.266. The van der Waals surface area contributed by atoms with E-state index < -0.39 is 6.04 Å². The largest absolute Gasteiger partial charge is 0.497 e. The van der Waals surface area contributed by atoms with E-state index in [2.05, 4.69) is 27.9 Å². The second-order valence-electron chi connectivity index (χ2n) is 8.00. The third-order valence-corrected chi connectivity index (χ3v) is 7.10. The van der Waals surface area contributed by atoms with Crippen molar-refractivity contribution in [1.29, 1.82) is 0 Å². The Kier molecular flexibility index (Phi) is 8.25. The average molecular weight is 620 g/mol. The molecule has 1 atom stereocenters. The summed E-state index contributed by atoms with van der Waals surface area (Å²) in [6.07, 6.45) is 0.638. The fourth-order valence-electron chi connectivity index (χ4n) is 3.88. The lowest BCUT2D eigenvalue weighted by Gasteiger charge is -2.24. The van der Waals surface area contributed by atoms with Crippen molar-refractivity contribution in [2.24, 2.45) is 0 Å². The highest BCUT2D eigenvalue weighted by atomic mass is 127. The SMILES string of the molecule is COc1ccc(CCN2C(=S)N(c3ccc(Cl)cc3)C(=O)C2CC(=O)Nc2ccc(I)cc2)cc1. The van der Waals surface area contributed by atoms with E-state index in [4.69, 9.17) is 28.6 Å². The number of amides is 2. The summed E-state index contributed by atoms with van der Waals surface area (Å²) in [5.41, 5.74) is 2.38. The van der Waals surface area contributed by atoms with Gasteiger partial charge in [0.25, 0.3) is 5.91 Å². The molecule has 9 heteroatoms. The van der Waals surface area contributed by atoms with Gasteiger partial charge in [-0.15, -0.1) is 0 Å². The molecule has 0 saturated carbocycles. The van der Waals surface area contributed by atoms with E-state index in [-0.39, 0.29) is 18.2 Å². The van der Waals surface area contributed by atoms with Crippen LogP contribution in [0.25, 0.3) is 0 Å². The lowest BCUT2D eigenvalue weighted by Crippen LogP contribution is -2.39. The Morgan fingerprint density at radius 2 is 1.71 bits per heavy atom. The van der Waals surface area contributed by atoms with Gasteiger partial charge < -0.3 is 15.0 Å². The number of carbonyl (C=O) groups excluding carboxylic acids is 2. The van der Waals surface area contributed by atoms with E-state index in [1.54, 1.807) is 31.4 Å². The van der Waals surface area contributed by atoms with Gasteiger partial charge in [-0.05, 0) is 107 Å². The number of anilines is 2. The second kappa shape index (κ2) is 11.4. The van der Waals surface area contributed by atoms with Crippen LogP contribution >= 0.6 is 46.4 Å². The van der Waals surface area contributed by atoms with E-state index in [1.165, 1.54) is 4.90 Å². The van der Waals surface area contributed by atoms with Gasteiger partial charge in [0, 0.05) is 20.8 Å². The molecule has 1 aliphatic heterocycles. The first-order valence-electron chi connectivity index (χ1n) is 10.9. The number of nitrogens with one attached hydrogen (secondary N) is 1. The number of carbonyl (C=O) groups is 2. The first-order chi connectivity index (χ1) is 16.9. The molecule has 1 saturated heterocycles. The van der Waals surface area contributed by atoms with Crippen molar-refractivity contribution in [3.63, 3.8) is 0 Å². The van der Waals surface area contributed by atoms with Crippen LogP contribution < -0.4 is 15.0 Å². The Labute approximate surface area is 228 Å². The summed E-state index contributed by atoms with van der Waals surface area (Å²) < 4.78 is 6.30. The molecule has 1 heterocycles. The number of ether oxygens (including phenoxy) is 1. The van der Waals surface area contributed by atoms with Crippen LogP contribution in [0.1, 0.15) is 12.0 Å². The number of methoxy groups -OCH3 is 1. The highest BCUT2D eigenvalue weighted by Gasteiger charge is 2.43. The zero-order valence-corrected chi connectivity index (χ0v) is 22.6. The van der Waals surface area contributed by atoms with Crippen LogP contribution in [0.15, 0.2) is 72.8 Å². The molecule has 180 valence electrons. The third-order valence-electron chi connectivity index (χ3n) is 5.71. The Bertz CT molecular complexity index is 1220. The van der Waals surface area contributed by atoms with E-state index in [0.717, 1.165) is 14.9 Å². The molecule has 0 bridgehead atoms. The lowest BCUT2D eigenvalue weighted by atomic mass is 10.1. The highest BCUT2D eigenvalue weighted by molar-refractivity contribution is 14.1. The molecule has 1 unspecified atom stereocenters. The van der Waals surface area contributed by atoms with E-state index in [1.807, 2.05) is 53.4 Å². The minimum atomic E-state index is -0.708. The molecule has 0 aliphatic carbocycles. The predicted octanol–water partition coefficient (Wildman–Crippen LogP) is 5.53. The molecule has 0 radical (unpaired) electrons. The van der Waals surface area contributed by atoms with Crippen molar-refractivity contribution in [2.45, 2.75) is 18.9 Å². The molecule has 1 fully saturated rings. The number of rotatable bonds is 8. The van der Waals surface area contributed by atoms with Gasteiger partial charge in [-0.3, -0.25) is 14.5 Å². The van der Waals surface area contributed by atoms with Gasteiger partial charge in [-0.2, -0.15) is 0 Å². The van der Waals surface area contributed by atoms with Gasteiger partial charge in [-0.1, -0.05) is 23.7 Å². The summed E-state index contributed by atoms with van der Waals surface area (Å²) in [6.45, 7) is 0.489. The second-order valence-corrected chi connectivity index (χ2v) is 10.0. The molecule has 2 amide bonds. The van der Waals surface area contributed by atoms with Crippen molar-refractivity contribution < 1.29 is 14.3 Å². The summed E-state index contributed by atoms with van der Waals surface area (Å²) in [6, 6.07) is 21.5. The maximum Gasteiger partial charge on any atom is 0.256 e. The predicted molar refractivity (Wildman–Crippen MR) is 151 cm³/mol. The molecule has 1 aliphatic rings. The Morgan fingerprint density at radius 1 is 1.06 bits per heavy atom. The monoisotopic (exact) mass is 619 g/mol. The molecule has 0 aromatic heterocycles. The maximum absolute atomic E-state index is 13.5. The number of benzene rings is 3. The fraction of sp³-hybridized carbons (Fsp3) is 0.192. The van der Waals surface area contributed by atoms with Gasteiger partial charge in [0.1, 0.15) is 11.8 Å². The van der Waals surface area contributed by atoms with Crippen molar-refractivity contribution in [1.82, 2.24) is 4.90 Å². The third kappa shape index (κ3) is 6.12. The number of hydrogen-bond acceptors (Lipinski definition) is 4. The van der Waals surface area contributed by atoms with Crippen LogP contribution in [0.5, 0.6) is 5.75 Å². The number of halogens is 2. The normalized spacial score (nSPS) is 15.5. The van der Waals surface area contributed by atoms with Crippen LogP contribution in [-0.4, -0.2) is 41.5 Å². The average Bonchev–Trinajstić information content (AvgIpc) is 3.08. The summed E-state index contributed by atoms with van der Waals surface area (Å²) >= 11 is 14.0. The standard InChI is InChI=1S/C26H23ClIN3O3S/c1-34-22-12-2-17(3-13-22)14-15-30-23(16-24(32)29-20-8-6-19(28)7-9-20)25(33)31(26(30)35)21-10-4-18(27)5-11-21/h2-13,23H,14-16H2,1H3,(H,29,32). The van der Waals surface area contributed by atoms with E-state index in [0.29, 0.717) is 34.5 Å². The summed E-state index contributed by atoms with van der Waals surface area (Å²) in [7, 11) is 1.63. The molecule has 35 heavy (non-hydrogen) atoms. The zero-order valence-electron chi connectivity index (χ0n) is 18.9. The van der Waals surface area contributed by atoms with Crippen molar-refractivity contribution in [2.75, 3.05) is 23.9 Å². The number of hydrogen-bond donors (Lipinski definition) is 1. The molecule has 4 rings (SSSR count). The molecule has 6 nitrogen and oxygen atoms in total. The topological polar surface area (TPSA) is 61.9 Å². The van der Waals surface area contributed by atoms with Gasteiger partial charge in [0.2, 0.25) is 5.91 Å². The van der Waals surface area contributed by atoms with Gasteiger partial charge >= 0.3 is 0 Å². The molecule has 3 aromatic carbocycles. The minimum absolute atomic E-state index is 0.0162. The molecule has 1 N–H and O–H groups in total. The van der Waals surface area contributed by atoms with Gasteiger partial charge in [-0.25, -0.2) is 0 Å². The van der Waals surface area contributed by atoms with Crippen molar-refractivity contribution in [3.05, 3.63) is 87.0 Å². The first-order valence-corrected chi connectivity index (χ1v) is 12.8. The maximum atomic E-state index is 13.5. The number of nitrogens with zero attached hydrogens (tertiary/aromatic N) is 2. The van der Waals surface area contributed by atoms with Crippen LogP contribution in [0.2, 0.25) is 5.02 Å². The number of thiocarbonyl (C=S) groups is 1. The van der Waals surface area contributed by atoms with Gasteiger partial charge in [0.15, 0.2) is 5.11 Å². The van der Waals surface area contributed by atoms with Crippen LogP contribution in [-0.2, 0) is 16.0 Å². The smallest absolute Gasteiger partial charge is 0.256 e. The van der Waals surface area contributed by atoms with E-state index >= 15 is 0 Å². The van der Waals surface area contributed by atoms with Crippen molar-refractivity contribution in [3.8, 4) is 5.75 Å². The molecule has 0 spiro atoms. The van der Waals surface area contributed by atoms with Crippen LogP contribution in [0.3, 0.4) is 0 Å². The molecular formula is C26H23ClIN3O3S. The highest BCUT2D eigenvalue weighted by Crippen LogP contribution is 2.29. The van der Waals surface area contributed by atoms with Crippen molar-refractivity contribution >= 4 is 74.7 Å². The van der Waals surface area contributed by atoms with E-state index in [9.17, 15) is 9.59 Å². The Morgan fingerprint density at radius 3 is 2.34 bits per heavy atom. The first kappa shape index (κ1) is 25.4. The van der Waals surface area contributed by atoms with Crippen LogP contribution in [0.4, 0.5) is 11.4 Å². The van der Waals surface area contributed by atoms with Gasteiger partial charge in [0.05, 0.1) is 19.2 Å². The zero-order chi connectivity index (χ0) is 24.9.